The molecule has 2 rings (SSSR count). The number of carbonyl (C=O) groups is 1. The van der Waals surface area contributed by atoms with Crippen LogP contribution in [-0.4, -0.2) is 5.91 Å². The van der Waals surface area contributed by atoms with Gasteiger partial charge in [-0.1, -0.05) is 29.8 Å². The van der Waals surface area contributed by atoms with E-state index >= 15 is 0 Å². The van der Waals surface area contributed by atoms with Crippen molar-refractivity contribution >= 4 is 40.6 Å². The molecular formula is C16H13ClN2OS. The van der Waals surface area contributed by atoms with Crippen LogP contribution < -0.4 is 5.32 Å². The number of benzene rings is 1. The molecule has 3 nitrogen and oxygen atoms in total. The van der Waals surface area contributed by atoms with Crippen molar-refractivity contribution in [2.75, 3.05) is 5.32 Å². The van der Waals surface area contributed by atoms with E-state index < -0.39 is 5.91 Å². The van der Waals surface area contributed by atoms with E-state index in [1.807, 2.05) is 38.1 Å². The Hall–Kier alpha value is -2.09. The number of carbonyl (C=O) groups excluding carboxylic acids is 1. The molecule has 5 heteroatoms. The Bertz CT molecular complexity index is 736. The largest absolute Gasteiger partial charge is 0.321 e. The van der Waals surface area contributed by atoms with E-state index in [-0.39, 0.29) is 5.57 Å². The Morgan fingerprint density at radius 1 is 1.29 bits per heavy atom. The number of thiophene rings is 1. The van der Waals surface area contributed by atoms with Crippen LogP contribution in [0.25, 0.3) is 6.08 Å². The van der Waals surface area contributed by atoms with Crippen molar-refractivity contribution in [2.45, 2.75) is 13.8 Å². The summed E-state index contributed by atoms with van der Waals surface area (Å²) < 4.78 is 0.619. The minimum absolute atomic E-state index is 0.0520. The van der Waals surface area contributed by atoms with Gasteiger partial charge in [-0.3, -0.25) is 4.79 Å². The SMILES string of the molecule is Cc1cccc(C)c1NC(=O)/C(C#N)=C/c1ccc(Cl)s1. The maximum atomic E-state index is 12.2. The van der Waals surface area contributed by atoms with Gasteiger partial charge in [0.15, 0.2) is 0 Å². The minimum atomic E-state index is -0.417. The van der Waals surface area contributed by atoms with Gasteiger partial charge in [0.2, 0.25) is 0 Å². The van der Waals surface area contributed by atoms with Gasteiger partial charge in [-0.2, -0.15) is 5.26 Å². The zero-order chi connectivity index (χ0) is 15.4. The number of anilines is 1. The third kappa shape index (κ3) is 3.72. The highest BCUT2D eigenvalue weighted by molar-refractivity contribution is 7.17. The molecule has 0 radical (unpaired) electrons. The highest BCUT2D eigenvalue weighted by atomic mass is 35.5. The van der Waals surface area contributed by atoms with Gasteiger partial charge in [-0.05, 0) is 43.2 Å². The Balaban J connectivity index is 2.26. The zero-order valence-corrected chi connectivity index (χ0v) is 13.2. The van der Waals surface area contributed by atoms with Gasteiger partial charge in [0.1, 0.15) is 11.6 Å². The molecule has 0 saturated carbocycles. The summed E-state index contributed by atoms with van der Waals surface area (Å²) in [4.78, 5) is 13.0. The Morgan fingerprint density at radius 2 is 1.95 bits per heavy atom. The molecule has 0 aliphatic heterocycles. The summed E-state index contributed by atoms with van der Waals surface area (Å²) in [5, 5.41) is 12.0. The van der Waals surface area contributed by atoms with Gasteiger partial charge in [-0.25, -0.2) is 0 Å². The first-order valence-electron chi connectivity index (χ1n) is 6.26. The highest BCUT2D eigenvalue weighted by Gasteiger charge is 2.12. The number of amides is 1. The van der Waals surface area contributed by atoms with Crippen molar-refractivity contribution < 1.29 is 4.79 Å². The van der Waals surface area contributed by atoms with Gasteiger partial charge in [-0.15, -0.1) is 11.3 Å². The molecule has 0 unspecified atom stereocenters. The lowest BCUT2D eigenvalue weighted by atomic mass is 10.1. The number of hydrogen-bond donors (Lipinski definition) is 1. The fourth-order valence-electron chi connectivity index (χ4n) is 1.89. The van der Waals surface area contributed by atoms with E-state index in [2.05, 4.69) is 5.32 Å². The number of nitriles is 1. The summed E-state index contributed by atoms with van der Waals surface area (Å²) in [6.45, 7) is 3.83. The summed E-state index contributed by atoms with van der Waals surface area (Å²) in [6.07, 6.45) is 1.54. The molecule has 106 valence electrons. The van der Waals surface area contributed by atoms with E-state index in [0.29, 0.717) is 4.34 Å². The third-order valence-electron chi connectivity index (χ3n) is 2.97. The predicted molar refractivity (Wildman–Crippen MR) is 87.5 cm³/mol. The average molecular weight is 317 g/mol. The van der Waals surface area contributed by atoms with Gasteiger partial charge in [0, 0.05) is 10.6 Å². The standard InChI is InChI=1S/C16H13ClN2OS/c1-10-4-3-5-11(2)15(10)19-16(20)12(9-18)8-13-6-7-14(17)21-13/h3-8H,1-2H3,(H,19,20)/b12-8+. The summed E-state index contributed by atoms with van der Waals surface area (Å²) in [6, 6.07) is 11.2. The smallest absolute Gasteiger partial charge is 0.266 e. The third-order valence-corrected chi connectivity index (χ3v) is 4.14. The summed E-state index contributed by atoms with van der Waals surface area (Å²) in [7, 11) is 0. The van der Waals surface area contributed by atoms with Crippen LogP contribution in [0.2, 0.25) is 4.34 Å². The van der Waals surface area contributed by atoms with Crippen molar-refractivity contribution in [1.82, 2.24) is 0 Å². The van der Waals surface area contributed by atoms with Crippen LogP contribution in [-0.2, 0) is 4.79 Å². The lowest BCUT2D eigenvalue weighted by Crippen LogP contribution is -2.15. The number of nitrogens with zero attached hydrogens (tertiary/aromatic N) is 1. The molecular weight excluding hydrogens is 304 g/mol. The van der Waals surface area contributed by atoms with Crippen molar-refractivity contribution in [1.29, 1.82) is 5.26 Å². The van der Waals surface area contributed by atoms with E-state index in [1.54, 1.807) is 18.2 Å². The molecule has 1 aromatic carbocycles. The van der Waals surface area contributed by atoms with E-state index in [0.717, 1.165) is 21.7 Å². The number of para-hydroxylation sites is 1. The maximum absolute atomic E-state index is 12.2. The number of hydrogen-bond acceptors (Lipinski definition) is 3. The van der Waals surface area contributed by atoms with Crippen molar-refractivity contribution in [3.8, 4) is 6.07 Å². The summed E-state index contributed by atoms with van der Waals surface area (Å²) in [5.41, 5.74) is 2.71. The molecule has 1 N–H and O–H groups in total. The number of halogens is 1. The van der Waals surface area contributed by atoms with Gasteiger partial charge < -0.3 is 5.32 Å². The van der Waals surface area contributed by atoms with Crippen molar-refractivity contribution in [3.63, 3.8) is 0 Å². The zero-order valence-electron chi connectivity index (χ0n) is 11.6. The molecule has 0 fully saturated rings. The minimum Gasteiger partial charge on any atom is -0.321 e. The fourth-order valence-corrected chi connectivity index (χ4v) is 2.89. The Morgan fingerprint density at radius 3 is 2.48 bits per heavy atom. The number of rotatable bonds is 3. The Kier molecular flexibility index (Phi) is 4.79. The van der Waals surface area contributed by atoms with Gasteiger partial charge in [0.25, 0.3) is 5.91 Å². The van der Waals surface area contributed by atoms with Crippen molar-refractivity contribution in [2.24, 2.45) is 0 Å². The molecule has 0 atom stereocenters. The van der Waals surface area contributed by atoms with Crippen LogP contribution in [0.3, 0.4) is 0 Å². The van der Waals surface area contributed by atoms with Crippen LogP contribution in [0.4, 0.5) is 5.69 Å². The van der Waals surface area contributed by atoms with Crippen LogP contribution in [0.15, 0.2) is 35.9 Å². The average Bonchev–Trinajstić information content (AvgIpc) is 2.85. The quantitative estimate of drug-likeness (QED) is 0.666. The van der Waals surface area contributed by atoms with E-state index in [1.165, 1.54) is 11.3 Å². The molecule has 1 amide bonds. The molecule has 2 aromatic rings. The molecule has 1 aromatic heterocycles. The van der Waals surface area contributed by atoms with Crippen LogP contribution in [0, 0.1) is 25.2 Å². The molecule has 1 heterocycles. The fraction of sp³-hybridized carbons (Fsp3) is 0.125. The van der Waals surface area contributed by atoms with Gasteiger partial charge >= 0.3 is 0 Å². The molecule has 0 bridgehead atoms. The predicted octanol–water partition coefficient (Wildman–Crippen LogP) is 4.56. The second-order valence-corrected chi connectivity index (χ2v) is 6.28. The first-order valence-corrected chi connectivity index (χ1v) is 7.45. The maximum Gasteiger partial charge on any atom is 0.266 e. The van der Waals surface area contributed by atoms with Crippen LogP contribution >= 0.6 is 22.9 Å². The topological polar surface area (TPSA) is 52.9 Å². The van der Waals surface area contributed by atoms with E-state index in [9.17, 15) is 10.1 Å². The molecule has 0 saturated heterocycles. The van der Waals surface area contributed by atoms with E-state index in [4.69, 9.17) is 11.6 Å². The highest BCUT2D eigenvalue weighted by Crippen LogP contribution is 2.24. The molecule has 0 spiro atoms. The lowest BCUT2D eigenvalue weighted by molar-refractivity contribution is -0.112. The van der Waals surface area contributed by atoms with Gasteiger partial charge in [0.05, 0.1) is 4.34 Å². The Labute approximate surface area is 132 Å². The second kappa shape index (κ2) is 6.57. The molecule has 0 aliphatic carbocycles. The molecule has 21 heavy (non-hydrogen) atoms. The first kappa shape index (κ1) is 15.3. The summed E-state index contributed by atoms with van der Waals surface area (Å²) >= 11 is 7.16. The number of nitrogens with one attached hydrogen (secondary N) is 1. The lowest BCUT2D eigenvalue weighted by Gasteiger charge is -2.10. The normalized spacial score (nSPS) is 11.0. The second-order valence-electron chi connectivity index (χ2n) is 4.53. The summed E-state index contributed by atoms with van der Waals surface area (Å²) in [5.74, 6) is -0.417. The monoisotopic (exact) mass is 316 g/mol. The van der Waals surface area contributed by atoms with Crippen LogP contribution in [0.1, 0.15) is 16.0 Å². The molecule has 0 aliphatic rings. The first-order chi connectivity index (χ1) is 10.0. The van der Waals surface area contributed by atoms with Crippen LogP contribution in [0.5, 0.6) is 0 Å². The van der Waals surface area contributed by atoms with Crippen molar-refractivity contribution in [3.05, 3.63) is 56.2 Å². The number of aryl methyl sites for hydroxylation is 2.